The molecular weight excluding hydrogens is 474 g/mol. The number of likely N-dealkylation sites (tertiary alicyclic amines) is 1. The predicted molar refractivity (Wildman–Crippen MR) is 122 cm³/mol. The highest BCUT2D eigenvalue weighted by molar-refractivity contribution is 9.10. The third-order valence-electron chi connectivity index (χ3n) is 5.92. The van der Waals surface area contributed by atoms with Crippen molar-refractivity contribution >= 4 is 39.6 Å². The molecule has 0 radical (unpaired) electrons. The highest BCUT2D eigenvalue weighted by Crippen LogP contribution is 2.26. The second kappa shape index (κ2) is 9.65. The van der Waals surface area contributed by atoms with E-state index in [1.165, 1.54) is 4.90 Å². The lowest BCUT2D eigenvalue weighted by Gasteiger charge is -2.32. The van der Waals surface area contributed by atoms with Crippen molar-refractivity contribution in [1.29, 1.82) is 0 Å². The van der Waals surface area contributed by atoms with Gasteiger partial charge in [0.05, 0.1) is 11.1 Å². The molecule has 4 rings (SSSR count). The maximum absolute atomic E-state index is 12.6. The van der Waals surface area contributed by atoms with E-state index in [1.807, 2.05) is 18.2 Å². The van der Waals surface area contributed by atoms with Crippen LogP contribution >= 0.6 is 15.9 Å². The monoisotopic (exact) mass is 497 g/mol. The Hall–Kier alpha value is -3.00. The summed E-state index contributed by atoms with van der Waals surface area (Å²) in [6, 6.07) is 14.2. The molecule has 0 saturated carbocycles. The van der Waals surface area contributed by atoms with E-state index in [-0.39, 0.29) is 42.6 Å². The molecule has 0 aromatic heterocycles. The van der Waals surface area contributed by atoms with Gasteiger partial charge in [-0.2, -0.15) is 0 Å². The molecule has 2 aliphatic rings. The molecule has 0 spiro atoms. The van der Waals surface area contributed by atoms with Crippen LogP contribution in [0.1, 0.15) is 56.8 Å². The van der Waals surface area contributed by atoms with E-state index in [0.29, 0.717) is 49.0 Å². The van der Waals surface area contributed by atoms with Crippen LogP contribution in [0.25, 0.3) is 0 Å². The van der Waals surface area contributed by atoms with Crippen LogP contribution in [0.5, 0.6) is 0 Å². The normalized spacial score (nSPS) is 16.3. The molecule has 1 N–H and O–H groups in total. The van der Waals surface area contributed by atoms with Crippen molar-refractivity contribution in [2.45, 2.75) is 31.7 Å². The number of hydrogen-bond acceptors (Lipinski definition) is 4. The molecule has 2 aliphatic heterocycles. The highest BCUT2D eigenvalue weighted by Gasteiger charge is 2.35. The minimum absolute atomic E-state index is 0.0113. The fraction of sp³-hybridized carbons (Fsp3) is 0.333. The predicted octanol–water partition coefficient (Wildman–Crippen LogP) is 3.25. The number of imide groups is 1. The number of rotatable bonds is 6. The van der Waals surface area contributed by atoms with Crippen molar-refractivity contribution in [1.82, 2.24) is 15.1 Å². The first-order chi connectivity index (χ1) is 15.4. The van der Waals surface area contributed by atoms with E-state index in [0.717, 1.165) is 4.47 Å². The Morgan fingerprint density at radius 2 is 1.66 bits per heavy atom. The molecule has 166 valence electrons. The Morgan fingerprint density at radius 1 is 0.969 bits per heavy atom. The van der Waals surface area contributed by atoms with Crippen LogP contribution < -0.4 is 5.32 Å². The Balaban J connectivity index is 1.21. The van der Waals surface area contributed by atoms with Crippen LogP contribution in [0.4, 0.5) is 0 Å². The molecule has 1 saturated heterocycles. The summed E-state index contributed by atoms with van der Waals surface area (Å²) in [5.74, 6) is -0.700. The van der Waals surface area contributed by atoms with Gasteiger partial charge in [-0.25, -0.2) is 0 Å². The zero-order chi connectivity index (χ0) is 22.7. The Kier molecular flexibility index (Phi) is 6.69. The Labute approximate surface area is 194 Å². The van der Waals surface area contributed by atoms with Crippen LogP contribution in [-0.2, 0) is 4.79 Å². The average molecular weight is 498 g/mol. The van der Waals surface area contributed by atoms with Gasteiger partial charge in [0.2, 0.25) is 5.91 Å². The topological polar surface area (TPSA) is 86.8 Å². The van der Waals surface area contributed by atoms with Gasteiger partial charge in [-0.15, -0.1) is 0 Å². The molecule has 0 aliphatic carbocycles. The first-order valence-electron chi connectivity index (χ1n) is 10.7. The fourth-order valence-corrected chi connectivity index (χ4v) is 4.51. The van der Waals surface area contributed by atoms with Gasteiger partial charge in [-0.05, 0) is 49.6 Å². The molecular formula is C24H24BrN3O4. The molecule has 1 fully saturated rings. The lowest BCUT2D eigenvalue weighted by molar-refractivity contribution is -0.132. The molecule has 0 unspecified atom stereocenters. The molecule has 2 aromatic carbocycles. The van der Waals surface area contributed by atoms with Gasteiger partial charge < -0.3 is 10.2 Å². The average Bonchev–Trinajstić information content (AvgIpc) is 3.04. The number of hydrogen-bond donors (Lipinski definition) is 1. The van der Waals surface area contributed by atoms with Crippen LogP contribution in [0.2, 0.25) is 0 Å². The fourth-order valence-electron chi connectivity index (χ4n) is 4.14. The summed E-state index contributed by atoms with van der Waals surface area (Å²) < 4.78 is 0.748. The number of amides is 4. The summed E-state index contributed by atoms with van der Waals surface area (Å²) in [5.41, 5.74) is 1.44. The smallest absolute Gasteiger partial charge is 0.261 e. The number of carbonyl (C=O) groups excluding carboxylic acids is 4. The van der Waals surface area contributed by atoms with Gasteiger partial charge in [0.1, 0.15) is 0 Å². The minimum Gasteiger partial charge on any atom is -0.349 e. The summed E-state index contributed by atoms with van der Waals surface area (Å²) in [4.78, 5) is 52.9. The summed E-state index contributed by atoms with van der Waals surface area (Å²) in [7, 11) is 0. The zero-order valence-corrected chi connectivity index (χ0v) is 19.1. The number of piperidine rings is 1. The van der Waals surface area contributed by atoms with Crippen LogP contribution in [0.3, 0.4) is 0 Å². The minimum atomic E-state index is -0.311. The summed E-state index contributed by atoms with van der Waals surface area (Å²) >= 11 is 3.32. The summed E-state index contributed by atoms with van der Waals surface area (Å²) in [6.07, 6.45) is 2.11. The Bertz CT molecular complexity index is 1050. The van der Waals surface area contributed by atoms with Crippen molar-refractivity contribution in [3.05, 3.63) is 69.7 Å². The van der Waals surface area contributed by atoms with E-state index >= 15 is 0 Å². The van der Waals surface area contributed by atoms with Crippen molar-refractivity contribution in [2.24, 2.45) is 0 Å². The molecule has 4 amide bonds. The van der Waals surface area contributed by atoms with Crippen molar-refractivity contribution in [3.63, 3.8) is 0 Å². The van der Waals surface area contributed by atoms with Gasteiger partial charge >= 0.3 is 0 Å². The second-order valence-corrected chi connectivity index (χ2v) is 8.97. The first-order valence-corrected chi connectivity index (χ1v) is 11.5. The van der Waals surface area contributed by atoms with E-state index in [1.54, 1.807) is 35.2 Å². The Morgan fingerprint density at radius 3 is 2.38 bits per heavy atom. The van der Waals surface area contributed by atoms with Crippen LogP contribution in [0, 0.1) is 0 Å². The molecule has 2 aromatic rings. The first kappa shape index (κ1) is 22.2. The SMILES string of the molecule is O=C(NC1CCN(C(=O)CCCN2C(=O)c3ccc(Br)cc3C2=O)CC1)c1ccccc1. The summed E-state index contributed by atoms with van der Waals surface area (Å²) in [6.45, 7) is 1.39. The maximum Gasteiger partial charge on any atom is 0.261 e. The van der Waals surface area contributed by atoms with Gasteiger partial charge in [-0.1, -0.05) is 34.1 Å². The van der Waals surface area contributed by atoms with E-state index in [4.69, 9.17) is 0 Å². The maximum atomic E-state index is 12.6. The molecule has 8 heteroatoms. The second-order valence-electron chi connectivity index (χ2n) is 8.05. The van der Waals surface area contributed by atoms with E-state index in [2.05, 4.69) is 21.2 Å². The van der Waals surface area contributed by atoms with Crippen molar-refractivity contribution < 1.29 is 19.2 Å². The zero-order valence-electron chi connectivity index (χ0n) is 17.6. The highest BCUT2D eigenvalue weighted by atomic mass is 79.9. The standard InChI is InChI=1S/C24H24BrN3O4/c25-17-8-9-19-20(15-17)24(32)28(23(19)31)12-4-7-21(29)27-13-10-18(11-14-27)26-22(30)16-5-2-1-3-6-16/h1-3,5-6,8-9,15,18H,4,7,10-14H2,(H,26,30). The van der Waals surface area contributed by atoms with Gasteiger partial charge in [0.15, 0.2) is 0 Å². The third-order valence-corrected chi connectivity index (χ3v) is 6.42. The number of carbonyl (C=O) groups is 4. The summed E-state index contributed by atoms with van der Waals surface area (Å²) in [5, 5.41) is 3.04. The number of nitrogens with zero attached hydrogens (tertiary/aromatic N) is 2. The van der Waals surface area contributed by atoms with Gasteiger partial charge in [0, 0.05) is 42.1 Å². The molecule has 0 atom stereocenters. The van der Waals surface area contributed by atoms with E-state index < -0.39 is 0 Å². The lowest BCUT2D eigenvalue weighted by atomic mass is 10.0. The van der Waals surface area contributed by atoms with Gasteiger partial charge in [-0.3, -0.25) is 24.1 Å². The molecule has 7 nitrogen and oxygen atoms in total. The molecule has 32 heavy (non-hydrogen) atoms. The van der Waals surface area contributed by atoms with Gasteiger partial charge in [0.25, 0.3) is 17.7 Å². The van der Waals surface area contributed by atoms with Crippen molar-refractivity contribution in [3.8, 4) is 0 Å². The van der Waals surface area contributed by atoms with Crippen LogP contribution in [-0.4, -0.2) is 59.1 Å². The lowest BCUT2D eigenvalue weighted by Crippen LogP contribution is -2.46. The molecule has 2 heterocycles. The van der Waals surface area contributed by atoms with Crippen molar-refractivity contribution in [2.75, 3.05) is 19.6 Å². The van der Waals surface area contributed by atoms with Crippen LogP contribution in [0.15, 0.2) is 53.0 Å². The van der Waals surface area contributed by atoms with E-state index in [9.17, 15) is 19.2 Å². The number of halogens is 1. The quantitative estimate of drug-likeness (QED) is 0.620. The third kappa shape index (κ3) is 4.75. The molecule has 0 bridgehead atoms. The number of fused-ring (bicyclic) bond motifs is 1. The largest absolute Gasteiger partial charge is 0.349 e. The number of benzene rings is 2. The number of nitrogens with one attached hydrogen (secondary N) is 1.